The first-order chi connectivity index (χ1) is 4.81. The van der Waals surface area contributed by atoms with Crippen LogP contribution in [0.4, 0.5) is 0 Å². The van der Waals surface area contributed by atoms with Crippen LogP contribution >= 0.6 is 11.6 Å². The highest BCUT2D eigenvalue weighted by atomic mass is 35.5. The van der Waals surface area contributed by atoms with Gasteiger partial charge in [0.05, 0.1) is 5.75 Å². The van der Waals surface area contributed by atoms with Crippen LogP contribution in [-0.2, 0) is 9.84 Å². The minimum Gasteiger partial charge on any atom is -0.363 e. The number of hydrogen-bond acceptors (Lipinski definition) is 3. The standard InChI is InChI=1S/C6H13ClO3S/c1-3-4-5-11(9,10)6(2,7)8/h8H,3-5H2,1-2H3. The van der Waals surface area contributed by atoms with Crippen LogP contribution in [-0.4, -0.2) is 23.7 Å². The number of sulfone groups is 1. The largest absolute Gasteiger partial charge is 0.363 e. The van der Waals surface area contributed by atoms with Crippen LogP contribution in [0.1, 0.15) is 26.7 Å². The minimum absolute atomic E-state index is 0.0556. The van der Waals surface area contributed by atoms with Gasteiger partial charge in [-0.25, -0.2) is 8.42 Å². The van der Waals surface area contributed by atoms with Gasteiger partial charge in [-0.3, -0.25) is 0 Å². The number of aliphatic hydroxyl groups is 1. The molecule has 0 amide bonds. The Bertz CT molecular complexity index is 202. The monoisotopic (exact) mass is 200 g/mol. The van der Waals surface area contributed by atoms with Crippen LogP contribution in [0.3, 0.4) is 0 Å². The number of halogens is 1. The number of alkyl halides is 1. The molecular weight excluding hydrogens is 188 g/mol. The quantitative estimate of drug-likeness (QED) is 0.692. The zero-order valence-corrected chi connectivity index (χ0v) is 8.24. The Balaban J connectivity index is 4.26. The normalized spacial score (nSPS) is 17.8. The van der Waals surface area contributed by atoms with Gasteiger partial charge in [0.1, 0.15) is 0 Å². The molecule has 0 rings (SSSR count). The van der Waals surface area contributed by atoms with Crippen molar-refractivity contribution >= 4 is 21.4 Å². The van der Waals surface area contributed by atoms with Crippen LogP contribution in [0.25, 0.3) is 0 Å². The van der Waals surface area contributed by atoms with Crippen molar-refractivity contribution in [1.82, 2.24) is 0 Å². The van der Waals surface area contributed by atoms with E-state index in [9.17, 15) is 8.42 Å². The summed E-state index contributed by atoms with van der Waals surface area (Å²) in [5.74, 6) is -0.0556. The first kappa shape index (κ1) is 11.2. The summed E-state index contributed by atoms with van der Waals surface area (Å²) in [6, 6.07) is 0. The Morgan fingerprint density at radius 2 is 2.00 bits per heavy atom. The molecule has 0 heterocycles. The summed E-state index contributed by atoms with van der Waals surface area (Å²) in [4.78, 5) is 0. The summed E-state index contributed by atoms with van der Waals surface area (Å²) in [6.07, 6.45) is 1.30. The molecular formula is C6H13ClO3S. The molecule has 3 nitrogen and oxygen atoms in total. The lowest BCUT2D eigenvalue weighted by atomic mass is 10.4. The average Bonchev–Trinajstić information content (AvgIpc) is 1.81. The third kappa shape index (κ3) is 3.40. The first-order valence-electron chi connectivity index (χ1n) is 3.45. The van der Waals surface area contributed by atoms with Crippen LogP contribution < -0.4 is 0 Å². The molecule has 0 saturated carbocycles. The molecule has 0 fully saturated rings. The molecule has 0 radical (unpaired) electrons. The van der Waals surface area contributed by atoms with E-state index in [2.05, 4.69) is 0 Å². The minimum atomic E-state index is -3.54. The molecule has 0 spiro atoms. The topological polar surface area (TPSA) is 54.4 Å². The fourth-order valence-corrected chi connectivity index (χ4v) is 1.79. The van der Waals surface area contributed by atoms with Crippen molar-refractivity contribution in [1.29, 1.82) is 0 Å². The van der Waals surface area contributed by atoms with E-state index in [4.69, 9.17) is 16.7 Å². The van der Waals surface area contributed by atoms with Gasteiger partial charge in [0.25, 0.3) is 0 Å². The Kier molecular flexibility index (Phi) is 3.80. The maximum Gasteiger partial charge on any atom is 0.238 e. The molecule has 1 unspecified atom stereocenters. The Morgan fingerprint density at radius 1 is 1.55 bits per heavy atom. The van der Waals surface area contributed by atoms with E-state index in [-0.39, 0.29) is 5.75 Å². The van der Waals surface area contributed by atoms with Crippen molar-refractivity contribution in [2.24, 2.45) is 0 Å². The zero-order chi connectivity index (χ0) is 9.12. The molecule has 1 N–H and O–H groups in total. The predicted octanol–water partition coefficient (Wildman–Crippen LogP) is 1.11. The van der Waals surface area contributed by atoms with E-state index >= 15 is 0 Å². The summed E-state index contributed by atoms with van der Waals surface area (Å²) in [6.45, 7) is 2.94. The van der Waals surface area contributed by atoms with Gasteiger partial charge >= 0.3 is 0 Å². The molecule has 0 aromatic rings. The SMILES string of the molecule is CCCCS(=O)(=O)C(C)(O)Cl. The molecule has 0 saturated heterocycles. The molecule has 0 aliphatic carbocycles. The molecule has 0 aliphatic rings. The van der Waals surface area contributed by atoms with Crippen LogP contribution in [0.2, 0.25) is 0 Å². The molecule has 5 heteroatoms. The van der Waals surface area contributed by atoms with Crippen LogP contribution in [0, 0.1) is 0 Å². The van der Waals surface area contributed by atoms with Gasteiger partial charge in [-0.05, 0) is 13.3 Å². The zero-order valence-electron chi connectivity index (χ0n) is 6.67. The van der Waals surface area contributed by atoms with E-state index in [1.165, 1.54) is 0 Å². The Morgan fingerprint density at radius 3 is 2.27 bits per heavy atom. The molecule has 0 aliphatic heterocycles. The number of hydrogen-bond donors (Lipinski definition) is 1. The van der Waals surface area contributed by atoms with E-state index in [0.29, 0.717) is 6.42 Å². The van der Waals surface area contributed by atoms with E-state index in [0.717, 1.165) is 13.3 Å². The van der Waals surface area contributed by atoms with Crippen molar-refractivity contribution in [2.75, 3.05) is 5.75 Å². The lowest BCUT2D eigenvalue weighted by Crippen LogP contribution is -2.30. The highest BCUT2D eigenvalue weighted by Crippen LogP contribution is 2.19. The van der Waals surface area contributed by atoms with Crippen LogP contribution in [0.15, 0.2) is 0 Å². The first-order valence-corrected chi connectivity index (χ1v) is 5.48. The van der Waals surface area contributed by atoms with E-state index in [1.807, 2.05) is 6.92 Å². The third-order valence-corrected chi connectivity index (χ3v) is 4.00. The molecule has 0 bridgehead atoms. The molecule has 0 aromatic heterocycles. The number of unbranched alkanes of at least 4 members (excludes halogenated alkanes) is 1. The van der Waals surface area contributed by atoms with Crippen molar-refractivity contribution in [3.63, 3.8) is 0 Å². The molecule has 1 atom stereocenters. The average molecular weight is 201 g/mol. The second kappa shape index (κ2) is 3.74. The maximum atomic E-state index is 11.0. The molecule has 0 aromatic carbocycles. The van der Waals surface area contributed by atoms with Crippen molar-refractivity contribution in [3.05, 3.63) is 0 Å². The second-order valence-corrected chi connectivity index (χ2v) is 5.93. The Labute approximate surface area is 72.3 Å². The lowest BCUT2D eigenvalue weighted by molar-refractivity contribution is 0.228. The van der Waals surface area contributed by atoms with Gasteiger partial charge in [0.15, 0.2) is 9.84 Å². The predicted molar refractivity (Wildman–Crippen MR) is 45.2 cm³/mol. The molecule has 11 heavy (non-hydrogen) atoms. The summed E-state index contributed by atoms with van der Waals surface area (Å²) >= 11 is 5.23. The molecule has 68 valence electrons. The highest BCUT2D eigenvalue weighted by molar-refractivity contribution is 7.93. The summed E-state index contributed by atoms with van der Waals surface area (Å²) in [5, 5.41) is 8.95. The summed E-state index contributed by atoms with van der Waals surface area (Å²) in [5.41, 5.74) is 0. The number of rotatable bonds is 4. The van der Waals surface area contributed by atoms with E-state index in [1.54, 1.807) is 0 Å². The highest BCUT2D eigenvalue weighted by Gasteiger charge is 2.33. The Hall–Kier alpha value is 0.200. The second-order valence-electron chi connectivity index (χ2n) is 2.54. The van der Waals surface area contributed by atoms with Gasteiger partial charge in [-0.15, -0.1) is 0 Å². The summed E-state index contributed by atoms with van der Waals surface area (Å²) in [7, 11) is -3.54. The fraction of sp³-hybridized carbons (Fsp3) is 1.00. The fourth-order valence-electron chi connectivity index (χ4n) is 0.521. The van der Waals surface area contributed by atoms with Crippen LogP contribution in [0.5, 0.6) is 0 Å². The van der Waals surface area contributed by atoms with E-state index < -0.39 is 14.2 Å². The smallest absolute Gasteiger partial charge is 0.238 e. The van der Waals surface area contributed by atoms with Gasteiger partial charge in [-0.1, -0.05) is 24.9 Å². The van der Waals surface area contributed by atoms with Gasteiger partial charge in [-0.2, -0.15) is 0 Å². The van der Waals surface area contributed by atoms with Crippen molar-refractivity contribution in [2.45, 2.75) is 31.1 Å². The van der Waals surface area contributed by atoms with Gasteiger partial charge in [0, 0.05) is 0 Å². The van der Waals surface area contributed by atoms with Crippen molar-refractivity contribution < 1.29 is 13.5 Å². The summed E-state index contributed by atoms with van der Waals surface area (Å²) < 4.78 is 19.9. The maximum absolute atomic E-state index is 11.0. The van der Waals surface area contributed by atoms with Crippen molar-refractivity contribution in [3.8, 4) is 0 Å². The van der Waals surface area contributed by atoms with Gasteiger partial charge in [0.2, 0.25) is 4.39 Å². The van der Waals surface area contributed by atoms with Gasteiger partial charge < -0.3 is 5.11 Å². The third-order valence-electron chi connectivity index (χ3n) is 1.33. The lowest BCUT2D eigenvalue weighted by Gasteiger charge is -2.14.